The van der Waals surface area contributed by atoms with Gasteiger partial charge in [0.2, 0.25) is 5.91 Å². The summed E-state index contributed by atoms with van der Waals surface area (Å²) in [6.07, 6.45) is 3.59. The Hall–Kier alpha value is -1.14. The fraction of sp³-hybridized carbons (Fsp3) is 0.846. The van der Waals surface area contributed by atoms with Gasteiger partial charge in [-0.25, -0.2) is 0 Å². The zero-order valence-electron chi connectivity index (χ0n) is 11.3. The van der Waals surface area contributed by atoms with Gasteiger partial charge in [0.1, 0.15) is 5.60 Å². The highest BCUT2D eigenvalue weighted by Gasteiger charge is 2.38. The molecule has 0 aliphatic heterocycles. The van der Waals surface area contributed by atoms with Crippen molar-refractivity contribution in [3.63, 3.8) is 0 Å². The first-order valence-corrected chi connectivity index (χ1v) is 6.60. The Morgan fingerprint density at radius 2 is 1.84 bits per heavy atom. The molecule has 0 aromatic carbocycles. The number of aliphatic hydroxyl groups excluding tert-OH is 1. The SMILES string of the molecule is CC(O)(CO)CNC(=O)CC1(CC(=O)O)CCCC1. The smallest absolute Gasteiger partial charge is 0.303 e. The van der Waals surface area contributed by atoms with Crippen LogP contribution in [0.2, 0.25) is 0 Å². The molecular formula is C13H23NO5. The van der Waals surface area contributed by atoms with Gasteiger partial charge in [-0.1, -0.05) is 12.8 Å². The van der Waals surface area contributed by atoms with Crippen LogP contribution in [0.4, 0.5) is 0 Å². The predicted molar refractivity (Wildman–Crippen MR) is 68.5 cm³/mol. The van der Waals surface area contributed by atoms with Gasteiger partial charge in [-0.3, -0.25) is 9.59 Å². The standard InChI is InChI=1S/C13H23NO5/c1-12(19,9-15)8-14-10(16)6-13(7-11(17)18)4-2-3-5-13/h15,19H,2-9H2,1H3,(H,14,16)(H,17,18). The van der Waals surface area contributed by atoms with Crippen LogP contribution in [0.25, 0.3) is 0 Å². The van der Waals surface area contributed by atoms with E-state index in [4.69, 9.17) is 10.2 Å². The number of carbonyl (C=O) groups excluding carboxylic acids is 1. The topological polar surface area (TPSA) is 107 Å². The number of hydrogen-bond acceptors (Lipinski definition) is 4. The molecule has 0 saturated heterocycles. The van der Waals surface area contributed by atoms with Gasteiger partial charge in [-0.15, -0.1) is 0 Å². The third-order valence-electron chi connectivity index (χ3n) is 3.73. The van der Waals surface area contributed by atoms with Crippen LogP contribution in [0, 0.1) is 5.41 Å². The molecule has 1 aliphatic carbocycles. The van der Waals surface area contributed by atoms with E-state index in [1.807, 2.05) is 0 Å². The van der Waals surface area contributed by atoms with Crippen molar-refractivity contribution >= 4 is 11.9 Å². The number of hydrogen-bond donors (Lipinski definition) is 4. The summed E-state index contributed by atoms with van der Waals surface area (Å²) < 4.78 is 0. The van der Waals surface area contributed by atoms with Gasteiger partial charge in [0, 0.05) is 13.0 Å². The molecule has 1 saturated carbocycles. The maximum Gasteiger partial charge on any atom is 0.303 e. The van der Waals surface area contributed by atoms with Crippen molar-refractivity contribution < 1.29 is 24.9 Å². The summed E-state index contributed by atoms with van der Waals surface area (Å²) in [5.74, 6) is -1.14. The monoisotopic (exact) mass is 273 g/mol. The van der Waals surface area contributed by atoms with Crippen molar-refractivity contribution in [2.45, 2.75) is 51.0 Å². The van der Waals surface area contributed by atoms with E-state index in [0.29, 0.717) is 0 Å². The molecule has 6 nitrogen and oxygen atoms in total. The predicted octanol–water partition coefficient (Wildman–Crippen LogP) is 0.271. The largest absolute Gasteiger partial charge is 0.481 e. The quantitative estimate of drug-likeness (QED) is 0.532. The molecule has 1 atom stereocenters. The highest BCUT2D eigenvalue weighted by Crippen LogP contribution is 2.43. The molecule has 1 amide bonds. The van der Waals surface area contributed by atoms with Crippen LogP contribution in [0.5, 0.6) is 0 Å². The molecule has 1 aliphatic rings. The number of aliphatic carboxylic acids is 1. The Labute approximate surface area is 112 Å². The van der Waals surface area contributed by atoms with E-state index in [2.05, 4.69) is 5.32 Å². The van der Waals surface area contributed by atoms with E-state index in [-0.39, 0.29) is 25.3 Å². The number of amides is 1. The summed E-state index contributed by atoms with van der Waals surface area (Å²) in [6, 6.07) is 0. The lowest BCUT2D eigenvalue weighted by Crippen LogP contribution is -2.44. The number of rotatable bonds is 7. The van der Waals surface area contributed by atoms with E-state index >= 15 is 0 Å². The highest BCUT2D eigenvalue weighted by atomic mass is 16.4. The zero-order chi connectivity index (χ0) is 14.5. The second-order valence-corrected chi connectivity index (χ2v) is 5.89. The molecule has 110 valence electrons. The van der Waals surface area contributed by atoms with E-state index < -0.39 is 23.6 Å². The number of carbonyl (C=O) groups is 2. The molecule has 1 unspecified atom stereocenters. The lowest BCUT2D eigenvalue weighted by molar-refractivity contribution is -0.140. The lowest BCUT2D eigenvalue weighted by atomic mass is 9.79. The van der Waals surface area contributed by atoms with E-state index in [0.717, 1.165) is 25.7 Å². The number of carboxylic acid groups (broad SMARTS) is 1. The Morgan fingerprint density at radius 3 is 2.32 bits per heavy atom. The molecule has 0 heterocycles. The second kappa shape index (κ2) is 6.34. The van der Waals surface area contributed by atoms with Gasteiger partial charge in [-0.05, 0) is 25.2 Å². The minimum atomic E-state index is -1.34. The molecule has 0 spiro atoms. The van der Waals surface area contributed by atoms with Gasteiger partial charge < -0.3 is 20.6 Å². The minimum absolute atomic E-state index is 0.0107. The summed E-state index contributed by atoms with van der Waals surface area (Å²) in [4.78, 5) is 22.8. The number of aliphatic hydroxyl groups is 2. The maximum atomic E-state index is 11.9. The Morgan fingerprint density at radius 1 is 1.26 bits per heavy atom. The van der Waals surface area contributed by atoms with Crippen LogP contribution in [0.1, 0.15) is 45.4 Å². The van der Waals surface area contributed by atoms with Gasteiger partial charge in [-0.2, -0.15) is 0 Å². The van der Waals surface area contributed by atoms with Crippen LogP contribution in [0.15, 0.2) is 0 Å². The molecular weight excluding hydrogens is 250 g/mol. The summed E-state index contributed by atoms with van der Waals surface area (Å²) >= 11 is 0. The summed E-state index contributed by atoms with van der Waals surface area (Å²) in [5, 5.41) is 30.0. The van der Waals surface area contributed by atoms with Gasteiger partial charge in [0.25, 0.3) is 0 Å². The van der Waals surface area contributed by atoms with Crippen molar-refractivity contribution in [3.8, 4) is 0 Å². The Kier molecular flexibility index (Phi) is 5.31. The lowest BCUT2D eigenvalue weighted by Gasteiger charge is -2.27. The molecule has 0 aromatic rings. The van der Waals surface area contributed by atoms with Crippen molar-refractivity contribution in [1.29, 1.82) is 0 Å². The average Bonchev–Trinajstić information content (AvgIpc) is 2.74. The molecule has 19 heavy (non-hydrogen) atoms. The van der Waals surface area contributed by atoms with Crippen molar-refractivity contribution in [2.75, 3.05) is 13.2 Å². The Bertz CT molecular complexity index is 334. The second-order valence-electron chi connectivity index (χ2n) is 5.89. The molecule has 6 heteroatoms. The van der Waals surface area contributed by atoms with Gasteiger partial charge in [0.05, 0.1) is 13.0 Å². The summed E-state index contributed by atoms with van der Waals surface area (Å²) in [7, 11) is 0. The minimum Gasteiger partial charge on any atom is -0.481 e. The highest BCUT2D eigenvalue weighted by molar-refractivity contribution is 5.78. The van der Waals surface area contributed by atoms with Crippen LogP contribution >= 0.6 is 0 Å². The fourth-order valence-corrected chi connectivity index (χ4v) is 2.61. The van der Waals surface area contributed by atoms with E-state index in [1.165, 1.54) is 6.92 Å². The molecule has 4 N–H and O–H groups in total. The van der Waals surface area contributed by atoms with Gasteiger partial charge >= 0.3 is 5.97 Å². The Balaban J connectivity index is 2.51. The number of nitrogens with one attached hydrogen (secondary N) is 1. The summed E-state index contributed by atoms with van der Waals surface area (Å²) in [5.41, 5.74) is -1.79. The molecule has 1 fully saturated rings. The third kappa shape index (κ3) is 5.16. The maximum absolute atomic E-state index is 11.9. The molecule has 0 bridgehead atoms. The van der Waals surface area contributed by atoms with Crippen LogP contribution < -0.4 is 5.32 Å². The van der Waals surface area contributed by atoms with Crippen LogP contribution in [-0.2, 0) is 9.59 Å². The zero-order valence-corrected chi connectivity index (χ0v) is 11.3. The van der Waals surface area contributed by atoms with Crippen LogP contribution in [-0.4, -0.2) is 45.9 Å². The molecule has 0 radical (unpaired) electrons. The van der Waals surface area contributed by atoms with Crippen LogP contribution in [0.3, 0.4) is 0 Å². The van der Waals surface area contributed by atoms with Crippen molar-refractivity contribution in [3.05, 3.63) is 0 Å². The van der Waals surface area contributed by atoms with E-state index in [9.17, 15) is 14.7 Å². The van der Waals surface area contributed by atoms with Gasteiger partial charge in [0.15, 0.2) is 0 Å². The molecule has 0 aromatic heterocycles. The first kappa shape index (κ1) is 15.9. The first-order valence-electron chi connectivity index (χ1n) is 6.60. The fourth-order valence-electron chi connectivity index (χ4n) is 2.61. The first-order chi connectivity index (χ1) is 8.79. The third-order valence-corrected chi connectivity index (χ3v) is 3.73. The normalized spacial score (nSPS) is 20.8. The van der Waals surface area contributed by atoms with Crippen molar-refractivity contribution in [1.82, 2.24) is 5.32 Å². The average molecular weight is 273 g/mol. The van der Waals surface area contributed by atoms with E-state index in [1.54, 1.807) is 0 Å². The van der Waals surface area contributed by atoms with Crippen molar-refractivity contribution in [2.24, 2.45) is 5.41 Å². The summed E-state index contributed by atoms with van der Waals surface area (Å²) in [6.45, 7) is 0.953. The molecule has 1 rings (SSSR count). The number of carboxylic acids is 1.